The maximum absolute atomic E-state index is 13.4. The molecule has 0 saturated carbocycles. The zero-order valence-corrected chi connectivity index (χ0v) is 22.1. The van der Waals surface area contributed by atoms with Gasteiger partial charge in [-0.25, -0.2) is 4.79 Å². The zero-order chi connectivity index (χ0) is 28.9. The molecule has 3 aromatic carbocycles. The summed E-state index contributed by atoms with van der Waals surface area (Å²) in [6.07, 6.45) is 0.229. The van der Waals surface area contributed by atoms with Crippen LogP contribution in [-0.4, -0.2) is 50.7 Å². The van der Waals surface area contributed by atoms with Crippen LogP contribution >= 0.6 is 11.8 Å². The normalized spacial score (nSPS) is 19.3. The molecule has 3 atom stereocenters. The second-order valence-corrected chi connectivity index (χ2v) is 10.4. The molecular weight excluding hydrogens is 550 g/mol. The van der Waals surface area contributed by atoms with E-state index in [-0.39, 0.29) is 17.9 Å². The number of esters is 1. The predicted molar refractivity (Wildman–Crippen MR) is 147 cm³/mol. The number of nitrogens with one attached hydrogen (secondary N) is 1. The molecule has 2 amide bonds. The second kappa shape index (κ2) is 12.0. The third kappa shape index (κ3) is 5.97. The van der Waals surface area contributed by atoms with Gasteiger partial charge in [0, 0.05) is 23.9 Å². The van der Waals surface area contributed by atoms with Gasteiger partial charge in [0.1, 0.15) is 29.6 Å². The lowest BCUT2D eigenvalue weighted by atomic mass is 10.0. The number of hydrogen-bond donors (Lipinski definition) is 1. The van der Waals surface area contributed by atoms with Crippen molar-refractivity contribution in [3.63, 3.8) is 0 Å². The fourth-order valence-corrected chi connectivity index (χ4v) is 5.78. The monoisotopic (exact) mass is 573 g/mol. The van der Waals surface area contributed by atoms with Crippen molar-refractivity contribution in [3.8, 4) is 0 Å². The standard InChI is InChI=1S/C29H23N3O8S/c33-16-21-15-31-26(34)23(30-29(36)39-17-18-11-13-22(14-12-18)32(37)38)27(31)41-25(21)28(35)40-24(19-7-3-1-4-8-19)20-9-5-2-6-10-20/h1-16,23-25,27H,17H2,(H,30,36)/t23?,25?,27-/m1/s1. The molecule has 2 aliphatic heterocycles. The van der Waals surface area contributed by atoms with Crippen LogP contribution < -0.4 is 5.32 Å². The molecule has 0 bridgehead atoms. The number of nitro benzene ring substituents is 1. The van der Waals surface area contributed by atoms with E-state index >= 15 is 0 Å². The van der Waals surface area contributed by atoms with Crippen LogP contribution in [0.15, 0.2) is 96.7 Å². The van der Waals surface area contributed by atoms with E-state index in [1.165, 1.54) is 35.4 Å². The highest BCUT2D eigenvalue weighted by Crippen LogP contribution is 2.41. The molecule has 11 nitrogen and oxygen atoms in total. The van der Waals surface area contributed by atoms with E-state index in [1.807, 2.05) is 60.7 Å². The number of non-ortho nitro benzene ring substituents is 1. The summed E-state index contributed by atoms with van der Waals surface area (Å²) >= 11 is 1.02. The number of nitrogens with zero attached hydrogens (tertiary/aromatic N) is 2. The highest BCUT2D eigenvalue weighted by atomic mass is 32.2. The van der Waals surface area contributed by atoms with Crippen LogP contribution in [-0.2, 0) is 30.5 Å². The molecule has 0 aliphatic carbocycles. The number of amides is 2. The average Bonchev–Trinajstić information content (AvgIpc) is 3.01. The fourth-order valence-electron chi connectivity index (χ4n) is 4.42. The van der Waals surface area contributed by atoms with Gasteiger partial charge >= 0.3 is 12.1 Å². The summed E-state index contributed by atoms with van der Waals surface area (Å²) in [6.45, 7) is -0.170. The number of aldehydes is 1. The van der Waals surface area contributed by atoms with E-state index in [9.17, 15) is 29.3 Å². The Kier molecular flexibility index (Phi) is 8.11. The molecule has 2 aliphatic rings. The van der Waals surface area contributed by atoms with E-state index in [2.05, 4.69) is 5.32 Å². The zero-order valence-electron chi connectivity index (χ0n) is 21.3. The number of ether oxygens (including phenoxy) is 2. The lowest BCUT2D eigenvalue weighted by molar-refractivity contribution is -0.384. The summed E-state index contributed by atoms with van der Waals surface area (Å²) in [7, 11) is 0. The number of rotatable bonds is 9. The van der Waals surface area contributed by atoms with Crippen molar-refractivity contribution in [2.75, 3.05) is 0 Å². The van der Waals surface area contributed by atoms with Gasteiger partial charge in [0.25, 0.3) is 11.6 Å². The lowest BCUT2D eigenvalue weighted by Gasteiger charge is -2.48. The molecule has 2 heterocycles. The highest BCUT2D eigenvalue weighted by molar-refractivity contribution is 8.01. The number of carbonyl (C=O) groups excluding carboxylic acids is 4. The molecule has 2 unspecified atom stereocenters. The van der Waals surface area contributed by atoms with Crippen molar-refractivity contribution in [1.82, 2.24) is 10.2 Å². The van der Waals surface area contributed by atoms with E-state index in [4.69, 9.17) is 9.47 Å². The Balaban J connectivity index is 1.25. The minimum absolute atomic E-state index is 0.0728. The first-order valence-corrected chi connectivity index (χ1v) is 13.4. The Morgan fingerprint density at radius 3 is 2.17 bits per heavy atom. The van der Waals surface area contributed by atoms with Crippen molar-refractivity contribution in [3.05, 3.63) is 124 Å². The quantitative estimate of drug-likeness (QED) is 0.132. The summed E-state index contributed by atoms with van der Waals surface area (Å²) in [4.78, 5) is 62.0. The van der Waals surface area contributed by atoms with Crippen molar-refractivity contribution in [1.29, 1.82) is 0 Å². The number of alkyl carbamates (subject to hydrolysis) is 1. The Bertz CT molecular complexity index is 1460. The third-order valence-corrected chi connectivity index (χ3v) is 8.04. The van der Waals surface area contributed by atoms with E-state index in [0.717, 1.165) is 22.9 Å². The smallest absolute Gasteiger partial charge is 0.408 e. The van der Waals surface area contributed by atoms with E-state index in [1.54, 1.807) is 0 Å². The van der Waals surface area contributed by atoms with Crippen molar-refractivity contribution in [2.45, 2.75) is 29.4 Å². The number of carbonyl (C=O) groups is 4. The summed E-state index contributed by atoms with van der Waals surface area (Å²) in [5, 5.41) is 11.6. The van der Waals surface area contributed by atoms with Crippen molar-refractivity contribution >= 4 is 41.7 Å². The van der Waals surface area contributed by atoms with Gasteiger partial charge < -0.3 is 19.7 Å². The van der Waals surface area contributed by atoms with Gasteiger partial charge in [-0.2, -0.15) is 0 Å². The third-order valence-electron chi connectivity index (χ3n) is 6.53. The highest BCUT2D eigenvalue weighted by Gasteiger charge is 2.53. The van der Waals surface area contributed by atoms with Gasteiger partial charge in [-0.15, -0.1) is 11.8 Å². The minimum atomic E-state index is -1.03. The van der Waals surface area contributed by atoms with Crippen LogP contribution in [0.2, 0.25) is 0 Å². The first kappa shape index (κ1) is 27.6. The number of hydrogen-bond acceptors (Lipinski definition) is 9. The topological polar surface area (TPSA) is 145 Å². The molecule has 1 saturated heterocycles. The van der Waals surface area contributed by atoms with Crippen molar-refractivity contribution in [2.24, 2.45) is 0 Å². The fraction of sp³-hybridized carbons (Fsp3) is 0.172. The number of nitro groups is 1. The summed E-state index contributed by atoms with van der Waals surface area (Å²) < 4.78 is 11.1. The summed E-state index contributed by atoms with van der Waals surface area (Å²) in [5.74, 6) is -1.13. The molecule has 0 aromatic heterocycles. The Morgan fingerprint density at radius 2 is 1.61 bits per heavy atom. The number of β-lactam (4-membered cyclic amide) rings is 1. The molecule has 5 rings (SSSR count). The van der Waals surface area contributed by atoms with Crippen LogP contribution in [0.25, 0.3) is 0 Å². The molecule has 12 heteroatoms. The maximum Gasteiger partial charge on any atom is 0.408 e. The molecule has 0 radical (unpaired) electrons. The SMILES string of the molecule is O=CC1=CN2C(=O)C(NC(=O)OCc3ccc([N+](=O)[O-])cc3)[C@H]2SC1C(=O)OC(c1ccccc1)c1ccccc1. The van der Waals surface area contributed by atoms with E-state index < -0.39 is 45.7 Å². The Hall–Kier alpha value is -4.97. The molecule has 41 heavy (non-hydrogen) atoms. The van der Waals surface area contributed by atoms with Gasteiger partial charge in [0.2, 0.25) is 0 Å². The van der Waals surface area contributed by atoms with Crippen LogP contribution in [0, 0.1) is 10.1 Å². The average molecular weight is 574 g/mol. The Morgan fingerprint density at radius 1 is 1.00 bits per heavy atom. The van der Waals surface area contributed by atoms with Crippen molar-refractivity contribution < 1.29 is 33.6 Å². The van der Waals surface area contributed by atoms with Crippen LogP contribution in [0.5, 0.6) is 0 Å². The molecular formula is C29H23N3O8S. The van der Waals surface area contributed by atoms with E-state index in [0.29, 0.717) is 11.8 Å². The summed E-state index contributed by atoms with van der Waals surface area (Å²) in [5.41, 5.74) is 2.00. The number of benzene rings is 3. The molecule has 0 spiro atoms. The first-order valence-electron chi connectivity index (χ1n) is 12.5. The second-order valence-electron chi connectivity index (χ2n) is 9.16. The number of thioether (sulfide) groups is 1. The Labute approximate surface area is 238 Å². The van der Waals surface area contributed by atoms with Gasteiger partial charge in [-0.1, -0.05) is 60.7 Å². The molecule has 1 N–H and O–H groups in total. The summed E-state index contributed by atoms with van der Waals surface area (Å²) in [6, 6.07) is 22.9. The first-order chi connectivity index (χ1) is 19.9. The van der Waals surface area contributed by atoms with Crippen LogP contribution in [0.3, 0.4) is 0 Å². The van der Waals surface area contributed by atoms with Crippen LogP contribution in [0.1, 0.15) is 22.8 Å². The molecule has 3 aromatic rings. The lowest BCUT2D eigenvalue weighted by Crippen LogP contribution is -2.69. The van der Waals surface area contributed by atoms with Gasteiger partial charge in [0.05, 0.1) is 4.92 Å². The van der Waals surface area contributed by atoms with Gasteiger partial charge in [0.15, 0.2) is 6.10 Å². The minimum Gasteiger partial charge on any atom is -0.451 e. The van der Waals surface area contributed by atoms with Gasteiger partial charge in [-0.05, 0) is 28.8 Å². The van der Waals surface area contributed by atoms with Gasteiger partial charge in [-0.3, -0.25) is 24.5 Å². The molecule has 1 fully saturated rings. The largest absolute Gasteiger partial charge is 0.451 e. The number of fused-ring (bicyclic) bond motifs is 1. The molecule has 208 valence electrons. The van der Waals surface area contributed by atoms with Crippen LogP contribution in [0.4, 0.5) is 10.5 Å². The maximum atomic E-state index is 13.4. The predicted octanol–water partition coefficient (Wildman–Crippen LogP) is 3.89.